The molecule has 2 amide bonds. The molecule has 5 rings (SSSR count). The molecule has 0 radical (unpaired) electrons. The van der Waals surface area contributed by atoms with Crippen molar-refractivity contribution in [3.8, 4) is 11.1 Å². The lowest BCUT2D eigenvalue weighted by Gasteiger charge is -2.35. The molecule has 2 aliphatic rings. The molecule has 6 nitrogen and oxygen atoms in total. The van der Waals surface area contributed by atoms with Crippen LogP contribution in [0.15, 0.2) is 54.9 Å². The molecule has 35 heavy (non-hydrogen) atoms. The van der Waals surface area contributed by atoms with Gasteiger partial charge in [-0.15, -0.1) is 0 Å². The Morgan fingerprint density at radius 1 is 1.00 bits per heavy atom. The van der Waals surface area contributed by atoms with Crippen LogP contribution in [0.1, 0.15) is 66.7 Å². The third kappa shape index (κ3) is 5.22. The van der Waals surface area contributed by atoms with E-state index in [1.54, 1.807) is 0 Å². The van der Waals surface area contributed by atoms with E-state index in [-0.39, 0.29) is 6.03 Å². The number of benzene rings is 1. The van der Waals surface area contributed by atoms with Gasteiger partial charge in [-0.05, 0) is 85.5 Å². The van der Waals surface area contributed by atoms with E-state index < -0.39 is 0 Å². The summed E-state index contributed by atoms with van der Waals surface area (Å²) in [4.78, 5) is 24.0. The molecule has 0 saturated carbocycles. The highest BCUT2D eigenvalue weighted by Crippen LogP contribution is 2.39. The summed E-state index contributed by atoms with van der Waals surface area (Å²) in [7, 11) is 0. The summed E-state index contributed by atoms with van der Waals surface area (Å²) in [6, 6.07) is 15.4. The van der Waals surface area contributed by atoms with Crippen molar-refractivity contribution in [2.24, 2.45) is 0 Å². The third-order valence-electron chi connectivity index (χ3n) is 7.27. The molecule has 6 heteroatoms. The number of rotatable bonds is 9. The Balaban J connectivity index is 1.34. The monoisotopic (exact) mass is 469 g/mol. The molecule has 2 N–H and O–H groups in total. The van der Waals surface area contributed by atoms with Gasteiger partial charge in [0.2, 0.25) is 0 Å². The Hall–Kier alpha value is -3.25. The Labute approximate surface area is 208 Å². The SMILES string of the molecule is CCNC(=O)NCCCCN(Cc1nccc2c1Cc1ccccc1-2)[C@H]1CCCc2cccnc21. The van der Waals surface area contributed by atoms with Crippen molar-refractivity contribution in [2.45, 2.75) is 58.0 Å². The van der Waals surface area contributed by atoms with Gasteiger partial charge in [0.15, 0.2) is 0 Å². The van der Waals surface area contributed by atoms with E-state index in [9.17, 15) is 4.79 Å². The predicted octanol–water partition coefficient (Wildman–Crippen LogP) is 5.03. The van der Waals surface area contributed by atoms with Crippen molar-refractivity contribution in [3.05, 3.63) is 82.9 Å². The smallest absolute Gasteiger partial charge is 0.314 e. The molecule has 0 bridgehead atoms. The van der Waals surface area contributed by atoms with E-state index in [2.05, 4.69) is 58.0 Å². The van der Waals surface area contributed by atoms with Crippen LogP contribution in [0.2, 0.25) is 0 Å². The van der Waals surface area contributed by atoms with Crippen LogP contribution in [-0.4, -0.2) is 40.5 Å². The first kappa shape index (κ1) is 23.5. The molecule has 1 aromatic carbocycles. The number of unbranched alkanes of at least 4 members (excludes halogenated alkanes) is 1. The average molecular weight is 470 g/mol. The highest BCUT2D eigenvalue weighted by Gasteiger charge is 2.29. The first-order chi connectivity index (χ1) is 17.2. The second-order valence-corrected chi connectivity index (χ2v) is 9.54. The summed E-state index contributed by atoms with van der Waals surface area (Å²) in [5.41, 5.74) is 9.23. The van der Waals surface area contributed by atoms with E-state index in [4.69, 9.17) is 9.97 Å². The molecule has 2 aromatic heterocycles. The minimum Gasteiger partial charge on any atom is -0.338 e. The standard InChI is InChI=1S/C29H35N5O/c1-2-30-29(35)33-15-5-6-18-34(27-13-7-10-21-11-8-16-32-28(21)27)20-26-25-19-22-9-3-4-12-23(22)24(25)14-17-31-26/h3-4,8-9,11-12,14,16-17,27H,2,5-7,10,13,15,18-20H2,1H3,(H2,30,33,35)/t27-/m0/s1. The first-order valence-corrected chi connectivity index (χ1v) is 13.0. The fourth-order valence-electron chi connectivity index (χ4n) is 5.59. The molecule has 2 heterocycles. The zero-order valence-electron chi connectivity index (χ0n) is 20.6. The van der Waals surface area contributed by atoms with Crippen LogP contribution >= 0.6 is 0 Å². The van der Waals surface area contributed by atoms with Crippen molar-refractivity contribution in [1.82, 2.24) is 25.5 Å². The Kier molecular flexibility index (Phi) is 7.38. The normalized spacial score (nSPS) is 15.9. The largest absolute Gasteiger partial charge is 0.338 e. The second-order valence-electron chi connectivity index (χ2n) is 9.54. The number of nitrogens with one attached hydrogen (secondary N) is 2. The summed E-state index contributed by atoms with van der Waals surface area (Å²) >= 11 is 0. The van der Waals surface area contributed by atoms with Gasteiger partial charge >= 0.3 is 6.03 Å². The minimum atomic E-state index is -0.0848. The molecule has 1 atom stereocenters. The van der Waals surface area contributed by atoms with Gasteiger partial charge in [0.25, 0.3) is 0 Å². The summed E-state index contributed by atoms with van der Waals surface area (Å²) < 4.78 is 0. The quantitative estimate of drug-likeness (QED) is 0.338. The Morgan fingerprint density at radius 3 is 2.80 bits per heavy atom. The van der Waals surface area contributed by atoms with Gasteiger partial charge in [-0.3, -0.25) is 14.9 Å². The molecule has 2 aliphatic carbocycles. The number of amides is 2. The molecule has 3 aromatic rings. The number of urea groups is 1. The molecular formula is C29H35N5O. The minimum absolute atomic E-state index is 0.0848. The molecule has 0 aliphatic heterocycles. The summed E-state index contributed by atoms with van der Waals surface area (Å²) in [5, 5.41) is 5.75. The van der Waals surface area contributed by atoms with Crippen molar-refractivity contribution < 1.29 is 4.79 Å². The fraction of sp³-hybridized carbons (Fsp3) is 0.414. The van der Waals surface area contributed by atoms with Crippen molar-refractivity contribution in [2.75, 3.05) is 19.6 Å². The van der Waals surface area contributed by atoms with Crippen LogP contribution in [-0.2, 0) is 19.4 Å². The van der Waals surface area contributed by atoms with Gasteiger partial charge < -0.3 is 10.6 Å². The number of aromatic nitrogens is 2. The van der Waals surface area contributed by atoms with E-state index in [1.165, 1.54) is 45.6 Å². The maximum absolute atomic E-state index is 11.7. The Morgan fingerprint density at radius 2 is 1.89 bits per heavy atom. The molecule has 0 spiro atoms. The van der Waals surface area contributed by atoms with Crippen molar-refractivity contribution in [1.29, 1.82) is 0 Å². The number of hydrogen-bond donors (Lipinski definition) is 2. The summed E-state index contributed by atoms with van der Waals surface area (Å²) in [5.74, 6) is 0. The van der Waals surface area contributed by atoms with Crippen LogP contribution in [0.5, 0.6) is 0 Å². The van der Waals surface area contributed by atoms with E-state index in [0.717, 1.165) is 45.2 Å². The fourth-order valence-corrected chi connectivity index (χ4v) is 5.59. The molecule has 182 valence electrons. The van der Waals surface area contributed by atoms with Crippen LogP contribution in [0, 0.1) is 0 Å². The van der Waals surface area contributed by atoms with Gasteiger partial charge in [-0.2, -0.15) is 0 Å². The van der Waals surface area contributed by atoms with Gasteiger partial charge in [-0.1, -0.05) is 30.3 Å². The molecular weight excluding hydrogens is 434 g/mol. The zero-order chi connectivity index (χ0) is 24.0. The average Bonchev–Trinajstić information content (AvgIpc) is 3.27. The maximum Gasteiger partial charge on any atom is 0.314 e. The topological polar surface area (TPSA) is 70.2 Å². The maximum atomic E-state index is 11.7. The van der Waals surface area contributed by atoms with Gasteiger partial charge in [-0.25, -0.2) is 4.79 Å². The number of carbonyl (C=O) groups is 1. The van der Waals surface area contributed by atoms with Crippen LogP contribution in [0.4, 0.5) is 4.79 Å². The van der Waals surface area contributed by atoms with Gasteiger partial charge in [0, 0.05) is 38.4 Å². The lowest BCUT2D eigenvalue weighted by atomic mass is 9.90. The highest BCUT2D eigenvalue weighted by atomic mass is 16.2. The molecule has 0 saturated heterocycles. The van der Waals surface area contributed by atoms with Gasteiger partial charge in [0.05, 0.1) is 17.4 Å². The Bertz CT molecular complexity index is 1180. The van der Waals surface area contributed by atoms with Crippen LogP contribution < -0.4 is 10.6 Å². The van der Waals surface area contributed by atoms with E-state index >= 15 is 0 Å². The van der Waals surface area contributed by atoms with E-state index in [0.29, 0.717) is 19.1 Å². The second kappa shape index (κ2) is 11.0. The number of nitrogens with zero attached hydrogens (tertiary/aromatic N) is 3. The molecule has 0 unspecified atom stereocenters. The van der Waals surface area contributed by atoms with Crippen LogP contribution in [0.25, 0.3) is 11.1 Å². The predicted molar refractivity (Wildman–Crippen MR) is 139 cm³/mol. The summed E-state index contributed by atoms with van der Waals surface area (Å²) in [6.07, 6.45) is 10.2. The zero-order valence-corrected chi connectivity index (χ0v) is 20.6. The lowest BCUT2D eigenvalue weighted by molar-refractivity contribution is 0.160. The molecule has 0 fully saturated rings. The number of pyridine rings is 2. The lowest BCUT2D eigenvalue weighted by Crippen LogP contribution is -2.36. The van der Waals surface area contributed by atoms with Gasteiger partial charge in [0.1, 0.15) is 0 Å². The van der Waals surface area contributed by atoms with E-state index in [1.807, 2.05) is 19.3 Å². The number of fused-ring (bicyclic) bond motifs is 4. The van der Waals surface area contributed by atoms with Crippen LogP contribution in [0.3, 0.4) is 0 Å². The number of hydrogen-bond acceptors (Lipinski definition) is 4. The number of aryl methyl sites for hydroxylation is 1. The van der Waals surface area contributed by atoms with Crippen molar-refractivity contribution >= 4 is 6.03 Å². The van der Waals surface area contributed by atoms with Crippen molar-refractivity contribution in [3.63, 3.8) is 0 Å². The third-order valence-corrected chi connectivity index (χ3v) is 7.27. The summed E-state index contributed by atoms with van der Waals surface area (Å²) in [6.45, 7) is 5.04. The first-order valence-electron chi connectivity index (χ1n) is 13.0. The highest BCUT2D eigenvalue weighted by molar-refractivity contribution is 5.77. The number of carbonyl (C=O) groups excluding carboxylic acids is 1.